The largest absolute Gasteiger partial charge is 0.376 e. The van der Waals surface area contributed by atoms with Crippen molar-refractivity contribution in [1.82, 2.24) is 9.80 Å². The summed E-state index contributed by atoms with van der Waals surface area (Å²) in [5.74, 6) is -0.326. The van der Waals surface area contributed by atoms with Crippen LogP contribution in [0.2, 0.25) is 0 Å². The summed E-state index contributed by atoms with van der Waals surface area (Å²) in [5.41, 5.74) is 1.06. The van der Waals surface area contributed by atoms with Gasteiger partial charge in [0, 0.05) is 25.7 Å². The molecule has 2 heterocycles. The number of rotatable bonds is 4. The Morgan fingerprint density at radius 2 is 1.73 bits per heavy atom. The van der Waals surface area contributed by atoms with Crippen LogP contribution in [-0.4, -0.2) is 60.0 Å². The molecule has 1 saturated heterocycles. The highest BCUT2D eigenvalue weighted by Crippen LogP contribution is 2.22. The van der Waals surface area contributed by atoms with Gasteiger partial charge >= 0.3 is 0 Å². The van der Waals surface area contributed by atoms with Crippen LogP contribution in [0.15, 0.2) is 24.3 Å². The van der Waals surface area contributed by atoms with Gasteiger partial charge in [-0.25, -0.2) is 0 Å². The first-order valence-corrected chi connectivity index (χ1v) is 7.89. The summed E-state index contributed by atoms with van der Waals surface area (Å²) >= 11 is 0. The summed E-state index contributed by atoms with van der Waals surface area (Å²) in [6.45, 7) is 7.22. The smallest absolute Gasteiger partial charge is 0.261 e. The summed E-state index contributed by atoms with van der Waals surface area (Å²) in [7, 11) is 0. The van der Waals surface area contributed by atoms with Crippen LogP contribution in [0.5, 0.6) is 0 Å². The molecule has 118 valence electrons. The third-order valence-corrected chi connectivity index (χ3v) is 4.44. The Labute approximate surface area is 130 Å². The number of hydrogen-bond donors (Lipinski definition) is 0. The number of hydrogen-bond acceptors (Lipinski definition) is 4. The Morgan fingerprint density at radius 3 is 2.36 bits per heavy atom. The van der Waals surface area contributed by atoms with Gasteiger partial charge in [0.05, 0.1) is 23.8 Å². The van der Waals surface area contributed by atoms with E-state index in [9.17, 15) is 9.59 Å². The molecule has 2 aliphatic rings. The maximum Gasteiger partial charge on any atom is 0.261 e. The van der Waals surface area contributed by atoms with Crippen LogP contribution in [0.25, 0.3) is 0 Å². The first-order valence-electron chi connectivity index (χ1n) is 7.89. The molecule has 2 aliphatic heterocycles. The van der Waals surface area contributed by atoms with Crippen LogP contribution in [0, 0.1) is 0 Å². The van der Waals surface area contributed by atoms with Crippen LogP contribution >= 0.6 is 0 Å². The minimum absolute atomic E-state index is 0.163. The van der Waals surface area contributed by atoms with E-state index in [-0.39, 0.29) is 17.9 Å². The van der Waals surface area contributed by atoms with Crippen LogP contribution in [0.3, 0.4) is 0 Å². The van der Waals surface area contributed by atoms with E-state index in [2.05, 4.69) is 18.7 Å². The maximum absolute atomic E-state index is 12.3. The monoisotopic (exact) mass is 302 g/mol. The minimum Gasteiger partial charge on any atom is -0.376 e. The van der Waals surface area contributed by atoms with Crippen LogP contribution in [0.1, 0.15) is 41.0 Å². The Bertz CT molecular complexity index is 552. The van der Waals surface area contributed by atoms with Crippen molar-refractivity contribution in [3.05, 3.63) is 35.4 Å². The van der Waals surface area contributed by atoms with Crippen molar-refractivity contribution in [3.63, 3.8) is 0 Å². The van der Waals surface area contributed by atoms with E-state index in [1.807, 2.05) is 0 Å². The molecule has 2 unspecified atom stereocenters. The number of ether oxygens (including phenoxy) is 1. The second-order valence-electron chi connectivity index (χ2n) is 6.15. The van der Waals surface area contributed by atoms with Gasteiger partial charge < -0.3 is 4.74 Å². The number of fused-ring (bicyclic) bond motifs is 1. The Hall–Kier alpha value is -1.72. The SMILES string of the molecule is CC1CN(CCCN2C(=O)c3ccccc3C2=O)C(C)CO1. The molecular weight excluding hydrogens is 280 g/mol. The molecule has 3 rings (SSSR count). The summed E-state index contributed by atoms with van der Waals surface area (Å²) in [5, 5.41) is 0. The Balaban J connectivity index is 1.57. The average molecular weight is 302 g/mol. The zero-order chi connectivity index (χ0) is 15.7. The van der Waals surface area contributed by atoms with E-state index in [0.717, 1.165) is 26.1 Å². The summed E-state index contributed by atoms with van der Waals surface area (Å²) in [6, 6.07) is 7.43. The molecule has 0 radical (unpaired) electrons. The molecule has 0 N–H and O–H groups in total. The molecular formula is C17H22N2O3. The van der Waals surface area contributed by atoms with Gasteiger partial charge in [0.25, 0.3) is 11.8 Å². The van der Waals surface area contributed by atoms with Gasteiger partial charge in [-0.2, -0.15) is 0 Å². The molecule has 0 bridgehead atoms. The molecule has 1 aromatic carbocycles. The normalized spacial score (nSPS) is 25.6. The third-order valence-electron chi connectivity index (χ3n) is 4.44. The lowest BCUT2D eigenvalue weighted by Gasteiger charge is -2.36. The van der Waals surface area contributed by atoms with Crippen molar-refractivity contribution in [3.8, 4) is 0 Å². The molecule has 0 aromatic heterocycles. The van der Waals surface area contributed by atoms with Crippen molar-refractivity contribution in [1.29, 1.82) is 0 Å². The Kier molecular flexibility index (Phi) is 4.27. The van der Waals surface area contributed by atoms with Crippen LogP contribution in [0.4, 0.5) is 0 Å². The van der Waals surface area contributed by atoms with Gasteiger partial charge in [-0.05, 0) is 32.4 Å². The molecule has 5 nitrogen and oxygen atoms in total. The molecule has 5 heteroatoms. The lowest BCUT2D eigenvalue weighted by atomic mass is 10.1. The summed E-state index contributed by atoms with van der Waals surface area (Å²) < 4.78 is 5.62. The van der Waals surface area contributed by atoms with Crippen molar-refractivity contribution >= 4 is 11.8 Å². The van der Waals surface area contributed by atoms with Crippen molar-refractivity contribution < 1.29 is 14.3 Å². The van der Waals surface area contributed by atoms with E-state index < -0.39 is 0 Å². The van der Waals surface area contributed by atoms with Gasteiger partial charge in [-0.15, -0.1) is 0 Å². The number of imide groups is 1. The number of carbonyl (C=O) groups is 2. The fourth-order valence-corrected chi connectivity index (χ4v) is 3.16. The summed E-state index contributed by atoms with van der Waals surface area (Å²) in [6.07, 6.45) is 1.04. The van der Waals surface area contributed by atoms with Gasteiger partial charge in [0.15, 0.2) is 0 Å². The van der Waals surface area contributed by atoms with Gasteiger partial charge in [-0.1, -0.05) is 12.1 Å². The number of morpholine rings is 1. The van der Waals surface area contributed by atoms with Gasteiger partial charge in [0.1, 0.15) is 0 Å². The molecule has 2 amide bonds. The lowest BCUT2D eigenvalue weighted by molar-refractivity contribution is -0.0498. The average Bonchev–Trinajstić information content (AvgIpc) is 2.76. The number of benzene rings is 1. The molecule has 0 aliphatic carbocycles. The standard InChI is InChI=1S/C17H22N2O3/c1-12-11-22-13(2)10-18(12)8-5-9-19-16(20)14-6-3-4-7-15(14)17(19)21/h3-4,6-7,12-13H,5,8-11H2,1-2H3. The molecule has 0 saturated carbocycles. The number of nitrogens with zero attached hydrogens (tertiary/aromatic N) is 2. The Morgan fingerprint density at radius 1 is 1.09 bits per heavy atom. The zero-order valence-electron chi connectivity index (χ0n) is 13.1. The minimum atomic E-state index is -0.163. The second kappa shape index (κ2) is 6.18. The van der Waals surface area contributed by atoms with Crippen molar-refractivity contribution in [2.24, 2.45) is 0 Å². The third kappa shape index (κ3) is 2.78. The van der Waals surface area contributed by atoms with Gasteiger partial charge in [0.2, 0.25) is 0 Å². The van der Waals surface area contributed by atoms with Crippen molar-refractivity contribution in [2.45, 2.75) is 32.4 Å². The van der Waals surface area contributed by atoms with E-state index in [1.165, 1.54) is 4.90 Å². The van der Waals surface area contributed by atoms with Crippen LogP contribution < -0.4 is 0 Å². The molecule has 0 spiro atoms. The number of carbonyl (C=O) groups excluding carboxylic acids is 2. The van der Waals surface area contributed by atoms with E-state index in [0.29, 0.717) is 23.7 Å². The topological polar surface area (TPSA) is 49.9 Å². The lowest BCUT2D eigenvalue weighted by Crippen LogP contribution is -2.48. The molecule has 1 fully saturated rings. The van der Waals surface area contributed by atoms with Crippen molar-refractivity contribution in [2.75, 3.05) is 26.2 Å². The molecule has 1 aromatic rings. The number of amides is 2. The van der Waals surface area contributed by atoms with Crippen LogP contribution in [-0.2, 0) is 4.74 Å². The predicted octanol–water partition coefficient (Wildman–Crippen LogP) is 1.78. The highest BCUT2D eigenvalue weighted by molar-refractivity contribution is 6.21. The first-order chi connectivity index (χ1) is 10.6. The fourth-order valence-electron chi connectivity index (χ4n) is 3.16. The molecule has 2 atom stereocenters. The quantitative estimate of drug-likeness (QED) is 0.796. The predicted molar refractivity (Wildman–Crippen MR) is 82.9 cm³/mol. The van der Waals surface area contributed by atoms with Gasteiger partial charge in [-0.3, -0.25) is 19.4 Å². The van der Waals surface area contributed by atoms with E-state index >= 15 is 0 Å². The maximum atomic E-state index is 12.3. The highest BCUT2D eigenvalue weighted by Gasteiger charge is 2.34. The van der Waals surface area contributed by atoms with E-state index in [4.69, 9.17) is 4.74 Å². The van der Waals surface area contributed by atoms with E-state index in [1.54, 1.807) is 24.3 Å². The first kappa shape index (κ1) is 15.2. The fraction of sp³-hybridized carbons (Fsp3) is 0.529. The zero-order valence-corrected chi connectivity index (χ0v) is 13.1. The highest BCUT2D eigenvalue weighted by atomic mass is 16.5. The molecule has 22 heavy (non-hydrogen) atoms. The second-order valence-corrected chi connectivity index (χ2v) is 6.15. The summed E-state index contributed by atoms with van der Waals surface area (Å²) in [4.78, 5) is 28.3.